The number of halogens is 3. The van der Waals surface area contributed by atoms with Crippen molar-refractivity contribution in [2.75, 3.05) is 0 Å². The number of hydrogen-bond donors (Lipinski definition) is 0. The zero-order chi connectivity index (χ0) is 19.6. The number of benzene rings is 2. The van der Waals surface area contributed by atoms with Crippen LogP contribution in [0.2, 0.25) is 5.02 Å². The van der Waals surface area contributed by atoms with Crippen LogP contribution in [0.4, 0.5) is 8.78 Å². The van der Waals surface area contributed by atoms with Crippen molar-refractivity contribution >= 4 is 33.2 Å². The zero-order valence-corrected chi connectivity index (χ0v) is 16.4. The maximum atomic E-state index is 12.6. The molecule has 3 rings (SSSR count). The van der Waals surface area contributed by atoms with E-state index < -0.39 is 20.5 Å². The molecule has 10 heteroatoms. The number of alkyl halides is 2. The number of rotatable bonds is 6. The summed E-state index contributed by atoms with van der Waals surface area (Å²) < 4.78 is 49.8. The van der Waals surface area contributed by atoms with Gasteiger partial charge in [-0.2, -0.15) is 8.78 Å². The van der Waals surface area contributed by atoms with E-state index in [9.17, 15) is 17.2 Å². The van der Waals surface area contributed by atoms with Crippen molar-refractivity contribution in [3.63, 3.8) is 0 Å². The molecule has 0 aliphatic carbocycles. The van der Waals surface area contributed by atoms with E-state index in [1.807, 2.05) is 23.7 Å². The molecular formula is C17H14ClF2N3O2S2. The van der Waals surface area contributed by atoms with Crippen LogP contribution in [0.15, 0.2) is 58.6 Å². The lowest BCUT2D eigenvalue weighted by atomic mass is 10.2. The fourth-order valence-electron chi connectivity index (χ4n) is 2.32. The molecule has 0 amide bonds. The van der Waals surface area contributed by atoms with Gasteiger partial charge in [-0.15, -0.1) is 10.2 Å². The number of thioether (sulfide) groups is 1. The molecule has 0 bridgehead atoms. The molecule has 1 heterocycles. The molecule has 142 valence electrons. The second-order valence-corrected chi connectivity index (χ2v) is 8.91. The van der Waals surface area contributed by atoms with Gasteiger partial charge in [-0.1, -0.05) is 35.5 Å². The molecule has 0 saturated heterocycles. The Morgan fingerprint density at radius 2 is 1.70 bits per heavy atom. The van der Waals surface area contributed by atoms with Gasteiger partial charge < -0.3 is 4.57 Å². The molecule has 0 saturated carbocycles. The molecule has 0 fully saturated rings. The van der Waals surface area contributed by atoms with Gasteiger partial charge in [-0.3, -0.25) is 0 Å². The van der Waals surface area contributed by atoms with E-state index in [0.717, 1.165) is 11.1 Å². The summed E-state index contributed by atoms with van der Waals surface area (Å²) in [7, 11) is -2.74. The van der Waals surface area contributed by atoms with Crippen LogP contribution in [0.3, 0.4) is 0 Å². The van der Waals surface area contributed by atoms with Gasteiger partial charge in [-0.05, 0) is 42.0 Å². The van der Waals surface area contributed by atoms with Gasteiger partial charge >= 0.3 is 5.76 Å². The van der Waals surface area contributed by atoms with Crippen molar-refractivity contribution in [2.45, 2.75) is 21.6 Å². The average molecular weight is 430 g/mol. The predicted octanol–water partition coefficient (Wildman–Crippen LogP) is 4.42. The highest BCUT2D eigenvalue weighted by Crippen LogP contribution is 2.27. The third kappa shape index (κ3) is 4.31. The fourth-order valence-corrected chi connectivity index (χ4v) is 4.03. The smallest absolute Gasteiger partial charge is 0.305 e. The van der Waals surface area contributed by atoms with Crippen LogP contribution in [-0.4, -0.2) is 28.9 Å². The highest BCUT2D eigenvalue weighted by molar-refractivity contribution is 7.98. The van der Waals surface area contributed by atoms with Gasteiger partial charge in [0.25, 0.3) is 0 Å². The van der Waals surface area contributed by atoms with Crippen molar-refractivity contribution < 1.29 is 17.2 Å². The van der Waals surface area contributed by atoms with Gasteiger partial charge in [0.1, 0.15) is 0 Å². The van der Waals surface area contributed by atoms with Gasteiger partial charge in [0.05, 0.1) is 4.90 Å². The summed E-state index contributed by atoms with van der Waals surface area (Å²) in [6.45, 7) is 0. The minimum Gasteiger partial charge on any atom is -0.305 e. The summed E-state index contributed by atoms with van der Waals surface area (Å²) in [5, 5.41) is 9.64. The molecule has 1 aromatic heterocycles. The third-order valence-corrected chi connectivity index (χ3v) is 6.53. The Kier molecular flexibility index (Phi) is 5.83. The van der Waals surface area contributed by atoms with E-state index in [1.165, 1.54) is 36.0 Å². The minimum absolute atomic E-state index is 0.394. The average Bonchev–Trinajstić information content (AvgIpc) is 3.01. The van der Waals surface area contributed by atoms with Crippen LogP contribution in [0, 0.1) is 0 Å². The Labute approximate surface area is 164 Å². The Morgan fingerprint density at radius 3 is 2.30 bits per heavy atom. The van der Waals surface area contributed by atoms with Gasteiger partial charge in [0.2, 0.25) is 9.84 Å². The van der Waals surface area contributed by atoms with E-state index in [1.54, 1.807) is 12.1 Å². The Hall–Kier alpha value is -1.97. The second-order valence-electron chi connectivity index (χ2n) is 5.61. The first kappa shape index (κ1) is 19.8. The molecule has 0 N–H and O–H groups in total. The van der Waals surface area contributed by atoms with Crippen molar-refractivity contribution in [1.82, 2.24) is 14.8 Å². The van der Waals surface area contributed by atoms with E-state index >= 15 is 0 Å². The third-order valence-electron chi connectivity index (χ3n) is 3.79. The molecule has 0 spiro atoms. The van der Waals surface area contributed by atoms with Gasteiger partial charge in [-0.25, -0.2) is 8.42 Å². The number of nitrogens with zero attached hydrogens (tertiary/aromatic N) is 3. The summed E-state index contributed by atoms with van der Waals surface area (Å²) >= 11 is 7.30. The quantitative estimate of drug-likeness (QED) is 0.542. The minimum atomic E-state index is -4.57. The Balaban J connectivity index is 1.72. The molecule has 5 nitrogen and oxygen atoms in total. The molecule has 27 heavy (non-hydrogen) atoms. The van der Waals surface area contributed by atoms with Crippen LogP contribution < -0.4 is 0 Å². The van der Waals surface area contributed by atoms with Gasteiger partial charge in [0.15, 0.2) is 11.0 Å². The molecule has 0 radical (unpaired) electrons. The van der Waals surface area contributed by atoms with Crippen LogP contribution >= 0.6 is 23.4 Å². The van der Waals surface area contributed by atoms with E-state index in [2.05, 4.69) is 10.2 Å². The molecule has 0 aliphatic rings. The standard InChI is InChI=1S/C17H14ClF2N3O2S2/c1-23-15(12-4-6-13(18)7-5-12)21-22-17(23)26-10-11-2-8-14(9-3-11)27(24,25)16(19)20/h2-9,16H,10H2,1H3. The number of hydrogen-bond acceptors (Lipinski definition) is 5. The van der Waals surface area contributed by atoms with Crippen molar-refractivity contribution in [2.24, 2.45) is 7.05 Å². The highest BCUT2D eigenvalue weighted by atomic mass is 35.5. The summed E-state index contributed by atoms with van der Waals surface area (Å²) in [5.74, 6) is -2.25. The van der Waals surface area contributed by atoms with E-state index in [4.69, 9.17) is 11.6 Å². The molecule has 0 unspecified atom stereocenters. The summed E-state index contributed by atoms with van der Waals surface area (Å²) in [4.78, 5) is -0.394. The normalized spacial score (nSPS) is 11.9. The zero-order valence-electron chi connectivity index (χ0n) is 14.0. The topological polar surface area (TPSA) is 64.8 Å². The first-order valence-electron chi connectivity index (χ1n) is 7.68. The Bertz CT molecular complexity index is 1040. The predicted molar refractivity (Wildman–Crippen MR) is 101 cm³/mol. The molecular weight excluding hydrogens is 416 g/mol. The SMILES string of the molecule is Cn1c(SCc2ccc(S(=O)(=O)C(F)F)cc2)nnc1-c1ccc(Cl)cc1. The van der Waals surface area contributed by atoms with Crippen molar-refractivity contribution in [3.8, 4) is 11.4 Å². The van der Waals surface area contributed by atoms with E-state index in [0.29, 0.717) is 21.8 Å². The fraction of sp³-hybridized carbons (Fsp3) is 0.176. The number of aromatic nitrogens is 3. The lowest BCUT2D eigenvalue weighted by Gasteiger charge is -2.06. The van der Waals surface area contributed by atoms with Gasteiger partial charge in [0, 0.05) is 23.4 Å². The maximum absolute atomic E-state index is 12.6. The lowest BCUT2D eigenvalue weighted by Crippen LogP contribution is -2.11. The molecule has 2 aromatic carbocycles. The van der Waals surface area contributed by atoms with Crippen molar-refractivity contribution in [1.29, 1.82) is 0 Å². The van der Waals surface area contributed by atoms with E-state index in [-0.39, 0.29) is 0 Å². The number of sulfone groups is 1. The summed E-state index contributed by atoms with van der Waals surface area (Å²) in [6, 6.07) is 12.6. The molecule has 3 aromatic rings. The van der Waals surface area contributed by atoms with Crippen LogP contribution in [0.5, 0.6) is 0 Å². The first-order valence-corrected chi connectivity index (χ1v) is 10.6. The Morgan fingerprint density at radius 1 is 1.07 bits per heavy atom. The molecule has 0 aliphatic heterocycles. The van der Waals surface area contributed by atoms with Crippen LogP contribution in [0.1, 0.15) is 5.56 Å². The van der Waals surface area contributed by atoms with Crippen LogP contribution in [0.25, 0.3) is 11.4 Å². The molecule has 0 atom stereocenters. The summed E-state index contributed by atoms with van der Waals surface area (Å²) in [5.41, 5.74) is 1.66. The lowest BCUT2D eigenvalue weighted by molar-refractivity contribution is 0.234. The first-order chi connectivity index (χ1) is 12.8. The maximum Gasteiger partial charge on any atom is 0.341 e. The summed E-state index contributed by atoms with van der Waals surface area (Å²) in [6.07, 6.45) is 0. The second kappa shape index (κ2) is 7.95. The largest absolute Gasteiger partial charge is 0.341 e. The monoisotopic (exact) mass is 429 g/mol. The highest BCUT2D eigenvalue weighted by Gasteiger charge is 2.26. The van der Waals surface area contributed by atoms with Crippen LogP contribution in [-0.2, 0) is 22.6 Å². The van der Waals surface area contributed by atoms with Crippen molar-refractivity contribution in [3.05, 3.63) is 59.1 Å².